The van der Waals surface area contributed by atoms with Crippen molar-refractivity contribution in [2.45, 2.75) is 19.4 Å². The van der Waals surface area contributed by atoms with E-state index in [4.69, 9.17) is 16.6 Å². The van der Waals surface area contributed by atoms with E-state index < -0.39 is 5.97 Å². The lowest BCUT2D eigenvalue weighted by Crippen LogP contribution is -2.11. The molecule has 0 heterocycles. The molecule has 0 amide bonds. The highest BCUT2D eigenvalue weighted by molar-refractivity contribution is 5.93. The number of carboxylic acids is 1. The molecule has 76 valence electrons. The van der Waals surface area contributed by atoms with Crippen molar-refractivity contribution < 1.29 is 9.90 Å². The van der Waals surface area contributed by atoms with Crippen molar-refractivity contribution in [2.75, 3.05) is 5.73 Å². The van der Waals surface area contributed by atoms with Gasteiger partial charge < -0.3 is 16.6 Å². The quantitative estimate of drug-likeness (QED) is 0.634. The Hall–Kier alpha value is -1.55. The Bertz CT molecular complexity index is 350. The zero-order valence-corrected chi connectivity index (χ0v) is 8.03. The third kappa shape index (κ3) is 2.03. The summed E-state index contributed by atoms with van der Waals surface area (Å²) in [6.07, 6.45) is 0.767. The number of nitrogen functional groups attached to an aromatic ring is 1. The van der Waals surface area contributed by atoms with Gasteiger partial charge in [0.1, 0.15) is 0 Å². The van der Waals surface area contributed by atoms with Crippen LogP contribution >= 0.6 is 0 Å². The standard InChI is InChI=1S/C10H14N2O2/c1-2-8(11)6-3-4-9(12)7(5-6)10(13)14/h3-5,8H,2,11-12H2,1H3,(H,13,14). The molecule has 4 heteroatoms. The fraction of sp³-hybridized carbons (Fsp3) is 0.300. The maximum atomic E-state index is 10.8. The van der Waals surface area contributed by atoms with Crippen LogP contribution in [0.5, 0.6) is 0 Å². The van der Waals surface area contributed by atoms with Gasteiger partial charge in [-0.3, -0.25) is 0 Å². The molecule has 1 rings (SSSR count). The van der Waals surface area contributed by atoms with Gasteiger partial charge in [0.05, 0.1) is 5.56 Å². The average Bonchev–Trinajstić information content (AvgIpc) is 2.17. The van der Waals surface area contributed by atoms with Crippen LogP contribution in [0.4, 0.5) is 5.69 Å². The highest BCUT2D eigenvalue weighted by atomic mass is 16.4. The lowest BCUT2D eigenvalue weighted by molar-refractivity contribution is 0.0698. The van der Waals surface area contributed by atoms with Gasteiger partial charge in [-0.15, -0.1) is 0 Å². The van der Waals surface area contributed by atoms with Gasteiger partial charge in [0.15, 0.2) is 0 Å². The van der Waals surface area contributed by atoms with E-state index in [0.717, 1.165) is 12.0 Å². The molecule has 0 aromatic heterocycles. The number of aromatic carboxylic acids is 1. The van der Waals surface area contributed by atoms with Gasteiger partial charge >= 0.3 is 5.97 Å². The minimum absolute atomic E-state index is 0.117. The number of hydrogen-bond donors (Lipinski definition) is 3. The number of carboxylic acid groups (broad SMARTS) is 1. The summed E-state index contributed by atoms with van der Waals surface area (Å²) in [4.78, 5) is 10.8. The highest BCUT2D eigenvalue weighted by Gasteiger charge is 2.11. The molecule has 4 nitrogen and oxygen atoms in total. The van der Waals surface area contributed by atoms with E-state index >= 15 is 0 Å². The first-order valence-corrected chi connectivity index (χ1v) is 4.44. The molecule has 0 radical (unpaired) electrons. The van der Waals surface area contributed by atoms with E-state index in [9.17, 15) is 4.79 Å². The minimum atomic E-state index is -1.02. The molecule has 0 spiro atoms. The van der Waals surface area contributed by atoms with E-state index in [2.05, 4.69) is 0 Å². The molecule has 0 aliphatic heterocycles. The Morgan fingerprint density at radius 1 is 1.57 bits per heavy atom. The van der Waals surface area contributed by atoms with Gasteiger partial charge in [-0.2, -0.15) is 0 Å². The summed E-state index contributed by atoms with van der Waals surface area (Å²) in [5, 5.41) is 8.82. The molecule has 14 heavy (non-hydrogen) atoms. The van der Waals surface area contributed by atoms with E-state index in [0.29, 0.717) is 0 Å². The van der Waals surface area contributed by atoms with Gasteiger partial charge in [0.25, 0.3) is 0 Å². The van der Waals surface area contributed by atoms with Crippen molar-refractivity contribution in [2.24, 2.45) is 5.73 Å². The van der Waals surface area contributed by atoms with E-state index in [1.807, 2.05) is 6.92 Å². The van der Waals surface area contributed by atoms with Crippen LogP contribution in [0.15, 0.2) is 18.2 Å². The fourth-order valence-electron chi connectivity index (χ4n) is 1.23. The Balaban J connectivity index is 3.12. The van der Waals surface area contributed by atoms with Crippen molar-refractivity contribution >= 4 is 11.7 Å². The number of rotatable bonds is 3. The van der Waals surface area contributed by atoms with Gasteiger partial charge in [0, 0.05) is 11.7 Å². The van der Waals surface area contributed by atoms with Crippen LogP contribution < -0.4 is 11.5 Å². The molecule has 0 saturated heterocycles. The average molecular weight is 194 g/mol. The third-order valence-corrected chi connectivity index (χ3v) is 2.18. The van der Waals surface area contributed by atoms with Crippen LogP contribution in [0.3, 0.4) is 0 Å². The van der Waals surface area contributed by atoms with Crippen LogP contribution in [0.2, 0.25) is 0 Å². The maximum Gasteiger partial charge on any atom is 0.337 e. The molecule has 5 N–H and O–H groups in total. The van der Waals surface area contributed by atoms with Crippen molar-refractivity contribution in [1.29, 1.82) is 0 Å². The van der Waals surface area contributed by atoms with E-state index in [1.54, 1.807) is 12.1 Å². The molecule has 1 unspecified atom stereocenters. The summed E-state index contributed by atoms with van der Waals surface area (Å²) in [7, 11) is 0. The SMILES string of the molecule is CCC(N)c1ccc(N)c(C(=O)O)c1. The van der Waals surface area contributed by atoms with Crippen LogP contribution in [-0.2, 0) is 0 Å². The zero-order chi connectivity index (χ0) is 10.7. The molecular formula is C10H14N2O2. The molecular weight excluding hydrogens is 180 g/mol. The van der Waals surface area contributed by atoms with E-state index in [-0.39, 0.29) is 17.3 Å². The second-order valence-electron chi connectivity index (χ2n) is 3.17. The first kappa shape index (κ1) is 10.5. The Kier molecular flexibility index (Phi) is 3.09. The first-order valence-electron chi connectivity index (χ1n) is 4.44. The predicted molar refractivity (Wildman–Crippen MR) is 55.0 cm³/mol. The number of nitrogens with two attached hydrogens (primary N) is 2. The molecule has 1 atom stereocenters. The van der Waals surface area contributed by atoms with Crippen molar-refractivity contribution in [3.8, 4) is 0 Å². The van der Waals surface area contributed by atoms with Crippen LogP contribution in [0, 0.1) is 0 Å². The zero-order valence-electron chi connectivity index (χ0n) is 8.03. The van der Waals surface area contributed by atoms with Gasteiger partial charge in [0.2, 0.25) is 0 Å². The molecule has 1 aromatic rings. The molecule has 0 bridgehead atoms. The van der Waals surface area contributed by atoms with Crippen LogP contribution in [-0.4, -0.2) is 11.1 Å². The lowest BCUT2D eigenvalue weighted by atomic mass is 10.0. The smallest absolute Gasteiger partial charge is 0.337 e. The second kappa shape index (κ2) is 4.11. The topological polar surface area (TPSA) is 89.3 Å². The third-order valence-electron chi connectivity index (χ3n) is 2.18. The first-order chi connectivity index (χ1) is 6.56. The number of carbonyl (C=O) groups is 1. The minimum Gasteiger partial charge on any atom is -0.478 e. The Morgan fingerprint density at radius 2 is 2.21 bits per heavy atom. The van der Waals surface area contributed by atoms with Crippen molar-refractivity contribution in [1.82, 2.24) is 0 Å². The Morgan fingerprint density at radius 3 is 2.71 bits per heavy atom. The summed E-state index contributed by atoms with van der Waals surface area (Å²) in [6.45, 7) is 1.95. The summed E-state index contributed by atoms with van der Waals surface area (Å²) in [5.74, 6) is -1.02. The summed E-state index contributed by atoms with van der Waals surface area (Å²) >= 11 is 0. The van der Waals surface area contributed by atoms with E-state index in [1.165, 1.54) is 6.07 Å². The number of hydrogen-bond acceptors (Lipinski definition) is 3. The normalized spacial score (nSPS) is 12.4. The van der Waals surface area contributed by atoms with Crippen LogP contribution in [0.25, 0.3) is 0 Å². The largest absolute Gasteiger partial charge is 0.478 e. The summed E-state index contributed by atoms with van der Waals surface area (Å²) < 4.78 is 0. The molecule has 0 aliphatic rings. The Labute approximate surface area is 82.5 Å². The lowest BCUT2D eigenvalue weighted by Gasteiger charge is -2.10. The van der Waals surface area contributed by atoms with Gasteiger partial charge in [-0.25, -0.2) is 4.79 Å². The fourth-order valence-corrected chi connectivity index (χ4v) is 1.23. The molecule has 1 aromatic carbocycles. The van der Waals surface area contributed by atoms with Crippen molar-refractivity contribution in [3.63, 3.8) is 0 Å². The maximum absolute atomic E-state index is 10.8. The predicted octanol–water partition coefficient (Wildman–Crippen LogP) is 1.38. The summed E-state index contributed by atoms with van der Waals surface area (Å²) in [6, 6.07) is 4.74. The van der Waals surface area contributed by atoms with Crippen LogP contribution in [0.1, 0.15) is 35.3 Å². The molecule has 0 fully saturated rings. The number of anilines is 1. The monoisotopic (exact) mass is 194 g/mol. The molecule has 0 saturated carbocycles. The second-order valence-corrected chi connectivity index (χ2v) is 3.17. The molecule has 0 aliphatic carbocycles. The number of benzene rings is 1. The highest BCUT2D eigenvalue weighted by Crippen LogP contribution is 2.19. The van der Waals surface area contributed by atoms with Gasteiger partial charge in [-0.05, 0) is 24.1 Å². The van der Waals surface area contributed by atoms with Crippen molar-refractivity contribution in [3.05, 3.63) is 29.3 Å². The van der Waals surface area contributed by atoms with Gasteiger partial charge in [-0.1, -0.05) is 13.0 Å². The summed E-state index contributed by atoms with van der Waals surface area (Å²) in [5.41, 5.74) is 12.5.